The molecule has 0 radical (unpaired) electrons. The Balaban J connectivity index is 2.54. The minimum Gasteiger partial charge on any atom is -0.478 e. The van der Waals surface area contributed by atoms with Crippen LogP contribution in [0.3, 0.4) is 0 Å². The van der Waals surface area contributed by atoms with Crippen LogP contribution < -0.4 is 0 Å². The number of hydrogen-bond acceptors (Lipinski definition) is 1. The van der Waals surface area contributed by atoms with Gasteiger partial charge in [0.05, 0.1) is 5.56 Å². The summed E-state index contributed by atoms with van der Waals surface area (Å²) in [5.41, 5.74) is 5.21. The van der Waals surface area contributed by atoms with Gasteiger partial charge in [-0.3, -0.25) is 0 Å². The Morgan fingerprint density at radius 3 is 1.54 bits per heavy atom. The van der Waals surface area contributed by atoms with Gasteiger partial charge in [0.25, 0.3) is 0 Å². The van der Waals surface area contributed by atoms with Crippen LogP contribution in [0, 0.1) is 0 Å². The molecule has 24 heavy (non-hydrogen) atoms. The van der Waals surface area contributed by atoms with E-state index in [1.165, 1.54) is 16.7 Å². The summed E-state index contributed by atoms with van der Waals surface area (Å²) in [6.07, 6.45) is 4.04. The van der Waals surface area contributed by atoms with E-state index in [2.05, 4.69) is 26.0 Å². The fourth-order valence-electron chi connectivity index (χ4n) is 2.90. The van der Waals surface area contributed by atoms with E-state index in [0.717, 1.165) is 36.3 Å². The summed E-state index contributed by atoms with van der Waals surface area (Å²) in [5.74, 6) is -0.894. The molecule has 0 saturated carbocycles. The number of hydrogen-bond donors (Lipinski definition) is 1. The van der Waals surface area contributed by atoms with Gasteiger partial charge in [-0.1, -0.05) is 62.6 Å². The summed E-state index contributed by atoms with van der Waals surface area (Å²) in [7, 11) is 0. The van der Waals surface area contributed by atoms with Crippen molar-refractivity contribution in [2.24, 2.45) is 0 Å². The average Bonchev–Trinajstić information content (AvgIpc) is 2.59. The second-order valence-electron chi connectivity index (χ2n) is 5.85. The van der Waals surface area contributed by atoms with Gasteiger partial charge in [0.15, 0.2) is 0 Å². The first-order valence-electron chi connectivity index (χ1n) is 8.38. The fourth-order valence-corrected chi connectivity index (χ4v) is 3.03. The second-order valence-corrected chi connectivity index (χ2v) is 6.28. The molecule has 0 unspecified atom stereocenters. The van der Waals surface area contributed by atoms with Crippen LogP contribution in [-0.4, -0.2) is 11.1 Å². The molecular weight excluding hydrogens is 320 g/mol. The number of carbonyl (C=O) groups is 1. The summed E-state index contributed by atoms with van der Waals surface area (Å²) in [4.78, 5) is 11.1. The minimum absolute atomic E-state index is 0.318. The van der Waals surface area contributed by atoms with Gasteiger partial charge >= 0.3 is 5.97 Å². The lowest BCUT2D eigenvalue weighted by molar-refractivity contribution is 0.0697. The predicted octanol–water partition coefficient (Wildman–Crippen LogP) is 6.55. The van der Waals surface area contributed by atoms with Crippen molar-refractivity contribution >= 4 is 28.7 Å². The number of aromatic carboxylic acids is 1. The molecule has 0 aliphatic heterocycles. The molecule has 126 valence electrons. The minimum atomic E-state index is -0.894. The molecule has 2 rings (SSSR count). The Hall–Kier alpha value is -2.06. The van der Waals surface area contributed by atoms with Crippen LogP contribution in [0.15, 0.2) is 48.5 Å². The summed E-state index contributed by atoms with van der Waals surface area (Å²) in [5, 5.41) is 9.82. The zero-order chi connectivity index (χ0) is 17.5. The highest BCUT2D eigenvalue weighted by Gasteiger charge is 2.12. The highest BCUT2D eigenvalue weighted by molar-refractivity contribution is 6.30. The van der Waals surface area contributed by atoms with Crippen molar-refractivity contribution in [3.8, 4) is 0 Å². The average molecular weight is 343 g/mol. The maximum Gasteiger partial charge on any atom is 0.335 e. The molecule has 2 aromatic carbocycles. The fraction of sp³-hybridized carbons (Fsp3) is 0.286. The Bertz CT molecular complexity index is 713. The summed E-state index contributed by atoms with van der Waals surface area (Å²) < 4.78 is 0. The van der Waals surface area contributed by atoms with E-state index < -0.39 is 5.97 Å². The van der Waals surface area contributed by atoms with Gasteiger partial charge in [0, 0.05) is 5.02 Å². The van der Waals surface area contributed by atoms with Crippen molar-refractivity contribution in [1.82, 2.24) is 0 Å². The van der Waals surface area contributed by atoms with Crippen LogP contribution in [0.4, 0.5) is 0 Å². The van der Waals surface area contributed by atoms with Gasteiger partial charge in [0.1, 0.15) is 0 Å². The van der Waals surface area contributed by atoms with Crippen LogP contribution >= 0.6 is 11.6 Å². The molecule has 0 amide bonds. The maximum atomic E-state index is 11.1. The van der Waals surface area contributed by atoms with Crippen LogP contribution in [0.5, 0.6) is 0 Å². The molecule has 0 saturated heterocycles. The largest absolute Gasteiger partial charge is 0.478 e. The quantitative estimate of drug-likeness (QED) is 0.579. The first kappa shape index (κ1) is 18.3. The third-order valence-corrected chi connectivity index (χ3v) is 4.29. The van der Waals surface area contributed by atoms with Crippen molar-refractivity contribution in [3.05, 3.63) is 70.2 Å². The molecule has 0 bridgehead atoms. The smallest absolute Gasteiger partial charge is 0.335 e. The van der Waals surface area contributed by atoms with E-state index in [1.807, 2.05) is 24.3 Å². The Morgan fingerprint density at radius 1 is 0.792 bits per heavy atom. The normalized spacial score (nSPS) is 12.0. The summed E-state index contributed by atoms with van der Waals surface area (Å²) in [6.45, 7) is 4.34. The zero-order valence-corrected chi connectivity index (χ0v) is 14.9. The number of carboxylic acids is 1. The molecular formula is C21H23ClO2. The molecule has 0 aromatic heterocycles. The van der Waals surface area contributed by atoms with E-state index in [0.29, 0.717) is 5.56 Å². The molecule has 2 aromatic rings. The lowest BCUT2D eigenvalue weighted by Gasteiger charge is -2.16. The van der Waals surface area contributed by atoms with E-state index in [9.17, 15) is 4.79 Å². The molecule has 0 aliphatic carbocycles. The first-order chi connectivity index (χ1) is 11.6. The lowest BCUT2D eigenvalue weighted by atomic mass is 9.89. The van der Waals surface area contributed by atoms with Crippen LogP contribution in [0.1, 0.15) is 61.0 Å². The van der Waals surface area contributed by atoms with Gasteiger partial charge in [-0.15, -0.1) is 0 Å². The zero-order valence-electron chi connectivity index (χ0n) is 14.2. The van der Waals surface area contributed by atoms with Gasteiger partial charge in [-0.05, 0) is 59.4 Å². The van der Waals surface area contributed by atoms with E-state index in [1.54, 1.807) is 12.1 Å². The van der Waals surface area contributed by atoms with Crippen LogP contribution in [-0.2, 0) is 0 Å². The summed E-state index contributed by atoms with van der Waals surface area (Å²) in [6, 6.07) is 15.2. The predicted molar refractivity (Wildman–Crippen MR) is 101 cm³/mol. The second kappa shape index (κ2) is 8.70. The molecule has 3 heteroatoms. The molecule has 0 atom stereocenters. The first-order valence-corrected chi connectivity index (χ1v) is 8.76. The standard InChI is InChI=1S/C21H23ClO2/c1-3-5-19(15-7-9-17(10-8-15)21(23)24)20(6-4-2)16-11-13-18(22)14-12-16/h7-14H,3-6H2,1-2H3,(H,23,24). The molecule has 2 nitrogen and oxygen atoms in total. The maximum absolute atomic E-state index is 11.1. The molecule has 0 aliphatic rings. The number of benzene rings is 2. The number of carboxylic acid groups (broad SMARTS) is 1. The number of allylic oxidation sites excluding steroid dienone is 2. The Morgan fingerprint density at radius 2 is 1.17 bits per heavy atom. The highest BCUT2D eigenvalue weighted by atomic mass is 35.5. The van der Waals surface area contributed by atoms with E-state index in [4.69, 9.17) is 16.7 Å². The molecule has 1 N–H and O–H groups in total. The SMILES string of the molecule is CCCC(=C(CCC)c1ccc(C(=O)O)cc1)c1ccc(Cl)cc1. The topological polar surface area (TPSA) is 37.3 Å². The summed E-state index contributed by atoms with van der Waals surface area (Å²) >= 11 is 6.03. The highest BCUT2D eigenvalue weighted by Crippen LogP contribution is 2.33. The van der Waals surface area contributed by atoms with Gasteiger partial charge in [-0.25, -0.2) is 4.79 Å². The van der Waals surface area contributed by atoms with Crippen LogP contribution in [0.2, 0.25) is 5.02 Å². The molecule has 0 heterocycles. The third kappa shape index (κ3) is 4.48. The van der Waals surface area contributed by atoms with E-state index >= 15 is 0 Å². The van der Waals surface area contributed by atoms with Crippen molar-refractivity contribution < 1.29 is 9.90 Å². The number of halogens is 1. The van der Waals surface area contributed by atoms with E-state index in [-0.39, 0.29) is 0 Å². The van der Waals surface area contributed by atoms with Crippen molar-refractivity contribution in [2.45, 2.75) is 39.5 Å². The van der Waals surface area contributed by atoms with Crippen molar-refractivity contribution in [3.63, 3.8) is 0 Å². The molecule has 0 spiro atoms. The monoisotopic (exact) mass is 342 g/mol. The van der Waals surface area contributed by atoms with Crippen molar-refractivity contribution in [2.75, 3.05) is 0 Å². The van der Waals surface area contributed by atoms with Crippen LogP contribution in [0.25, 0.3) is 11.1 Å². The van der Waals surface area contributed by atoms with Gasteiger partial charge < -0.3 is 5.11 Å². The Labute approximate surface area is 148 Å². The lowest BCUT2D eigenvalue weighted by Crippen LogP contribution is -1.98. The van der Waals surface area contributed by atoms with Gasteiger partial charge in [-0.2, -0.15) is 0 Å². The molecule has 0 fully saturated rings. The van der Waals surface area contributed by atoms with Gasteiger partial charge in [0.2, 0.25) is 0 Å². The third-order valence-electron chi connectivity index (χ3n) is 4.04. The van der Waals surface area contributed by atoms with Crippen molar-refractivity contribution in [1.29, 1.82) is 0 Å². The number of rotatable bonds is 7. The Kier molecular flexibility index (Phi) is 6.62.